The number of nitrogens with one attached hydrogen (secondary N) is 1. The van der Waals surface area contributed by atoms with Crippen molar-refractivity contribution < 1.29 is 0 Å². The Kier molecular flexibility index (Phi) is 4.99. The molecule has 3 aromatic rings. The maximum Gasteiger partial charge on any atom is 0.276 e. The average Bonchev–Trinajstić information content (AvgIpc) is 2.81. The van der Waals surface area contributed by atoms with Gasteiger partial charge in [-0.15, -0.1) is 23.5 Å². The minimum atomic E-state index is 0.0691. The van der Waals surface area contributed by atoms with Crippen molar-refractivity contribution in [1.82, 2.24) is 9.78 Å². The largest absolute Gasteiger partial charge is 0.295 e. The minimum absolute atomic E-state index is 0.0691. The average molecular weight is 397 g/mol. The molecule has 0 aliphatic carbocycles. The molecule has 0 fully saturated rings. The molecule has 140 valence electrons. The van der Waals surface area contributed by atoms with E-state index in [1.54, 1.807) is 4.68 Å². The van der Waals surface area contributed by atoms with Crippen LogP contribution in [0.15, 0.2) is 41.2 Å². The number of rotatable bonds is 2. The Morgan fingerprint density at radius 1 is 0.926 bits per heavy atom. The highest BCUT2D eigenvalue weighted by molar-refractivity contribution is 8.15. The molecule has 0 bridgehead atoms. The summed E-state index contributed by atoms with van der Waals surface area (Å²) < 4.78 is 1.82. The van der Waals surface area contributed by atoms with Crippen LogP contribution in [-0.4, -0.2) is 9.78 Å². The number of nitrogens with zero attached hydrogens (tertiary/aromatic N) is 1. The van der Waals surface area contributed by atoms with Gasteiger partial charge < -0.3 is 0 Å². The van der Waals surface area contributed by atoms with Gasteiger partial charge in [0.1, 0.15) is 0 Å². The Labute approximate surface area is 168 Å². The van der Waals surface area contributed by atoms with E-state index in [0.717, 1.165) is 28.5 Å². The van der Waals surface area contributed by atoms with Crippen LogP contribution in [0.5, 0.6) is 0 Å². The van der Waals surface area contributed by atoms with Crippen molar-refractivity contribution in [2.24, 2.45) is 0 Å². The second-order valence-electron chi connectivity index (χ2n) is 7.29. The van der Waals surface area contributed by atoms with Crippen molar-refractivity contribution in [2.45, 2.75) is 43.8 Å². The molecular formula is C22H24N2OS2. The van der Waals surface area contributed by atoms with Crippen molar-refractivity contribution in [1.29, 1.82) is 0 Å². The van der Waals surface area contributed by atoms with E-state index in [1.165, 1.54) is 27.8 Å². The molecule has 2 heterocycles. The van der Waals surface area contributed by atoms with Gasteiger partial charge in [-0.05, 0) is 62.1 Å². The van der Waals surface area contributed by atoms with Crippen molar-refractivity contribution in [2.75, 3.05) is 0 Å². The normalized spacial score (nSPS) is 14.8. The van der Waals surface area contributed by atoms with Crippen LogP contribution in [0.3, 0.4) is 0 Å². The molecule has 0 radical (unpaired) electrons. The predicted molar refractivity (Wildman–Crippen MR) is 117 cm³/mol. The molecule has 0 saturated carbocycles. The van der Waals surface area contributed by atoms with Crippen LogP contribution >= 0.6 is 23.5 Å². The molecule has 1 aliphatic rings. The summed E-state index contributed by atoms with van der Waals surface area (Å²) in [6, 6.07) is 12.7. The minimum Gasteiger partial charge on any atom is -0.295 e. The lowest BCUT2D eigenvalue weighted by Crippen LogP contribution is -2.18. The zero-order valence-electron chi connectivity index (χ0n) is 16.1. The third kappa shape index (κ3) is 3.50. The zero-order chi connectivity index (χ0) is 19.1. The molecule has 1 aliphatic heterocycles. The monoisotopic (exact) mass is 396 g/mol. The number of aromatic nitrogens is 2. The van der Waals surface area contributed by atoms with Gasteiger partial charge in [0.25, 0.3) is 5.56 Å². The van der Waals surface area contributed by atoms with Crippen LogP contribution in [0, 0.1) is 27.7 Å². The highest BCUT2D eigenvalue weighted by Gasteiger charge is 2.26. The highest BCUT2D eigenvalue weighted by atomic mass is 32.2. The summed E-state index contributed by atoms with van der Waals surface area (Å²) in [7, 11) is 0. The summed E-state index contributed by atoms with van der Waals surface area (Å²) in [6.45, 7) is 8.41. The number of H-pyrrole nitrogens is 1. The van der Waals surface area contributed by atoms with Gasteiger partial charge >= 0.3 is 0 Å². The van der Waals surface area contributed by atoms with Gasteiger partial charge in [0.05, 0.1) is 15.8 Å². The molecule has 5 heteroatoms. The van der Waals surface area contributed by atoms with Crippen LogP contribution in [0.2, 0.25) is 0 Å². The Morgan fingerprint density at radius 2 is 1.48 bits per heavy atom. The first-order valence-electron chi connectivity index (χ1n) is 9.15. The van der Waals surface area contributed by atoms with E-state index in [9.17, 15) is 4.79 Å². The maximum atomic E-state index is 13.2. The molecule has 0 unspecified atom stereocenters. The van der Waals surface area contributed by atoms with Gasteiger partial charge in [0, 0.05) is 17.2 Å². The molecule has 0 saturated heterocycles. The lowest BCUT2D eigenvalue weighted by atomic mass is 10.0. The molecule has 27 heavy (non-hydrogen) atoms. The quantitative estimate of drug-likeness (QED) is 0.615. The number of aryl methyl sites for hydroxylation is 4. The molecule has 0 amide bonds. The van der Waals surface area contributed by atoms with Crippen molar-refractivity contribution in [3.63, 3.8) is 0 Å². The van der Waals surface area contributed by atoms with E-state index in [-0.39, 0.29) is 10.1 Å². The van der Waals surface area contributed by atoms with Gasteiger partial charge in [0.15, 0.2) is 0 Å². The van der Waals surface area contributed by atoms with Gasteiger partial charge in [-0.3, -0.25) is 9.89 Å². The Hall–Kier alpha value is -1.85. The van der Waals surface area contributed by atoms with Crippen LogP contribution in [-0.2, 0) is 11.5 Å². The van der Waals surface area contributed by atoms with Crippen LogP contribution in [0.25, 0.3) is 5.69 Å². The summed E-state index contributed by atoms with van der Waals surface area (Å²) in [4.78, 5) is 13.2. The van der Waals surface area contributed by atoms with E-state index in [1.807, 2.05) is 54.7 Å². The summed E-state index contributed by atoms with van der Waals surface area (Å²) in [5.41, 5.74) is 9.51. The lowest BCUT2D eigenvalue weighted by Gasteiger charge is -2.11. The maximum absolute atomic E-state index is 13.2. The summed E-state index contributed by atoms with van der Waals surface area (Å²) in [5, 5.41) is 3.28. The Balaban J connectivity index is 1.67. The van der Waals surface area contributed by atoms with Gasteiger partial charge in [-0.2, -0.15) is 0 Å². The first kappa shape index (κ1) is 18.5. The fourth-order valence-corrected chi connectivity index (χ4v) is 6.34. The number of benzene rings is 2. The zero-order valence-corrected chi connectivity index (χ0v) is 17.8. The van der Waals surface area contributed by atoms with Crippen molar-refractivity contribution >= 4 is 23.5 Å². The molecule has 0 spiro atoms. The SMILES string of the molecule is Cc1ccc(-n2[nH]c(C)c(C3SCc4cc(C)c(C)cc4CS3)c2=O)cc1. The number of fused-ring (bicyclic) bond motifs is 1. The molecule has 4 rings (SSSR count). The molecule has 1 N–H and O–H groups in total. The molecular weight excluding hydrogens is 372 g/mol. The smallest absolute Gasteiger partial charge is 0.276 e. The van der Waals surface area contributed by atoms with Crippen LogP contribution in [0.1, 0.15) is 43.7 Å². The summed E-state index contributed by atoms with van der Waals surface area (Å²) in [5.74, 6) is 1.89. The van der Waals surface area contributed by atoms with Gasteiger partial charge in [0.2, 0.25) is 0 Å². The molecule has 1 aromatic heterocycles. The van der Waals surface area contributed by atoms with E-state index in [2.05, 4.69) is 38.0 Å². The first-order chi connectivity index (χ1) is 12.9. The van der Waals surface area contributed by atoms with Crippen LogP contribution in [0.4, 0.5) is 0 Å². The van der Waals surface area contributed by atoms with Gasteiger partial charge in [-0.1, -0.05) is 29.8 Å². The van der Waals surface area contributed by atoms with E-state index in [0.29, 0.717) is 0 Å². The molecule has 2 aromatic carbocycles. The van der Waals surface area contributed by atoms with Gasteiger partial charge in [-0.25, -0.2) is 4.68 Å². The second kappa shape index (κ2) is 7.28. The van der Waals surface area contributed by atoms with E-state index >= 15 is 0 Å². The predicted octanol–water partition coefficient (Wildman–Crippen LogP) is 5.58. The van der Waals surface area contributed by atoms with Crippen molar-refractivity contribution in [3.05, 3.63) is 85.8 Å². The standard InChI is InChI=1S/C22H24N2OS2/c1-13-5-7-19(8-6-13)24-21(25)20(16(4)23-24)22-26-11-17-9-14(2)15(3)10-18(17)12-27-22/h5-10,22-23H,11-12H2,1-4H3. The van der Waals surface area contributed by atoms with Crippen LogP contribution < -0.4 is 5.56 Å². The van der Waals surface area contributed by atoms with E-state index < -0.39 is 0 Å². The highest BCUT2D eigenvalue weighted by Crippen LogP contribution is 2.46. The fourth-order valence-electron chi connectivity index (χ4n) is 3.46. The Bertz CT molecular complexity index is 1010. The number of thioether (sulfide) groups is 2. The number of hydrogen-bond donors (Lipinski definition) is 1. The molecule has 0 atom stereocenters. The number of hydrogen-bond acceptors (Lipinski definition) is 3. The summed E-state index contributed by atoms with van der Waals surface area (Å²) in [6.07, 6.45) is 0. The third-order valence-electron chi connectivity index (χ3n) is 5.24. The lowest BCUT2D eigenvalue weighted by molar-refractivity contribution is 0.834. The van der Waals surface area contributed by atoms with Crippen molar-refractivity contribution in [3.8, 4) is 5.69 Å². The first-order valence-corrected chi connectivity index (χ1v) is 11.2. The summed E-state index contributed by atoms with van der Waals surface area (Å²) >= 11 is 3.73. The number of aromatic amines is 1. The Morgan fingerprint density at radius 3 is 2.04 bits per heavy atom. The molecule has 3 nitrogen and oxygen atoms in total. The fraction of sp³-hybridized carbons (Fsp3) is 0.318. The topological polar surface area (TPSA) is 37.8 Å². The van der Waals surface area contributed by atoms with E-state index in [4.69, 9.17) is 0 Å². The second-order valence-corrected chi connectivity index (χ2v) is 9.77. The third-order valence-corrected chi connectivity index (χ3v) is 8.09.